The van der Waals surface area contributed by atoms with E-state index in [0.29, 0.717) is 24.5 Å². The van der Waals surface area contributed by atoms with Crippen molar-refractivity contribution in [3.8, 4) is 0 Å². The Bertz CT molecular complexity index is 558. The summed E-state index contributed by atoms with van der Waals surface area (Å²) in [7, 11) is 0. The number of carbonyl (C=O) groups excluding carboxylic acids is 3. The summed E-state index contributed by atoms with van der Waals surface area (Å²) in [6.07, 6.45) is 2.21. The molecule has 0 atom stereocenters. The summed E-state index contributed by atoms with van der Waals surface area (Å²) in [6, 6.07) is 7.01. The maximum Gasteiger partial charge on any atom is 0.223 e. The van der Waals surface area contributed by atoms with E-state index in [1.54, 1.807) is 24.3 Å². The fourth-order valence-corrected chi connectivity index (χ4v) is 2.13. The van der Waals surface area contributed by atoms with Gasteiger partial charge in [-0.1, -0.05) is 19.4 Å². The van der Waals surface area contributed by atoms with E-state index in [4.69, 9.17) is 0 Å². The normalized spacial score (nSPS) is 10.0. The van der Waals surface area contributed by atoms with Gasteiger partial charge in [-0.15, -0.1) is 0 Å². The van der Waals surface area contributed by atoms with Crippen LogP contribution in [0.15, 0.2) is 24.3 Å². The first-order chi connectivity index (χ1) is 10.9. The molecule has 0 saturated carbocycles. The van der Waals surface area contributed by atoms with Gasteiger partial charge in [0.1, 0.15) is 0 Å². The third-order valence-corrected chi connectivity index (χ3v) is 3.27. The topological polar surface area (TPSA) is 78.5 Å². The van der Waals surface area contributed by atoms with E-state index in [1.807, 2.05) is 0 Å². The highest BCUT2D eigenvalue weighted by Gasteiger charge is 2.14. The van der Waals surface area contributed by atoms with Gasteiger partial charge in [-0.3, -0.25) is 14.4 Å². The van der Waals surface area contributed by atoms with E-state index in [-0.39, 0.29) is 24.1 Å². The molecular formula is C17H25N3O3. The Morgan fingerprint density at radius 2 is 1.91 bits per heavy atom. The van der Waals surface area contributed by atoms with E-state index in [2.05, 4.69) is 17.6 Å². The lowest BCUT2D eigenvalue weighted by atomic mass is 10.2. The second-order valence-corrected chi connectivity index (χ2v) is 5.36. The number of hydrogen-bond donors (Lipinski definition) is 2. The van der Waals surface area contributed by atoms with Gasteiger partial charge in [-0.2, -0.15) is 0 Å². The number of nitrogens with zero attached hydrogens (tertiary/aromatic N) is 1. The van der Waals surface area contributed by atoms with Gasteiger partial charge < -0.3 is 15.5 Å². The van der Waals surface area contributed by atoms with Crippen molar-refractivity contribution < 1.29 is 14.4 Å². The molecule has 0 unspecified atom stereocenters. The van der Waals surface area contributed by atoms with Crippen LogP contribution in [0.3, 0.4) is 0 Å². The quantitative estimate of drug-likeness (QED) is 0.722. The molecule has 0 saturated heterocycles. The Hall–Kier alpha value is -2.37. The minimum atomic E-state index is -0.174. The molecule has 2 N–H and O–H groups in total. The van der Waals surface area contributed by atoms with Gasteiger partial charge in [0, 0.05) is 44.7 Å². The minimum absolute atomic E-state index is 0.0669. The molecular weight excluding hydrogens is 294 g/mol. The average molecular weight is 319 g/mol. The predicted molar refractivity (Wildman–Crippen MR) is 91.3 cm³/mol. The summed E-state index contributed by atoms with van der Waals surface area (Å²) in [5.41, 5.74) is 1.28. The summed E-state index contributed by atoms with van der Waals surface area (Å²) in [5.74, 6) is -0.388. The van der Waals surface area contributed by atoms with Crippen LogP contribution < -0.4 is 15.5 Å². The summed E-state index contributed by atoms with van der Waals surface area (Å²) in [6.45, 7) is 5.91. The molecule has 0 heterocycles. The van der Waals surface area contributed by atoms with E-state index < -0.39 is 0 Å². The van der Waals surface area contributed by atoms with Crippen molar-refractivity contribution in [3.05, 3.63) is 24.3 Å². The molecule has 0 aromatic heterocycles. The molecule has 23 heavy (non-hydrogen) atoms. The second-order valence-electron chi connectivity index (χ2n) is 5.36. The summed E-state index contributed by atoms with van der Waals surface area (Å²) in [4.78, 5) is 36.3. The van der Waals surface area contributed by atoms with Crippen molar-refractivity contribution in [2.75, 3.05) is 23.3 Å². The molecule has 0 spiro atoms. The third-order valence-electron chi connectivity index (χ3n) is 3.27. The molecule has 0 aliphatic heterocycles. The number of unbranched alkanes of at least 4 members (excludes halogenated alkanes) is 1. The molecule has 6 heteroatoms. The molecule has 3 amide bonds. The Morgan fingerprint density at radius 1 is 1.17 bits per heavy atom. The van der Waals surface area contributed by atoms with Crippen molar-refractivity contribution >= 4 is 29.1 Å². The standard InChI is InChI=1S/C17H25N3O3/c1-4-5-10-18-17(23)9-11-20(14(3)22)16-8-6-7-15(12-16)19-13(2)21/h6-8,12H,4-5,9-11H2,1-3H3,(H,18,23)(H,19,21). The Balaban J connectivity index is 2.69. The van der Waals surface area contributed by atoms with Crippen LogP contribution in [0.1, 0.15) is 40.0 Å². The summed E-state index contributed by atoms with van der Waals surface area (Å²) in [5, 5.41) is 5.51. The number of benzene rings is 1. The number of nitrogens with one attached hydrogen (secondary N) is 2. The number of amides is 3. The zero-order valence-corrected chi connectivity index (χ0v) is 14.0. The van der Waals surface area contributed by atoms with Gasteiger partial charge in [0.05, 0.1) is 0 Å². The average Bonchev–Trinajstić information content (AvgIpc) is 2.47. The molecule has 0 aliphatic rings. The van der Waals surface area contributed by atoms with Gasteiger partial charge >= 0.3 is 0 Å². The van der Waals surface area contributed by atoms with E-state index in [9.17, 15) is 14.4 Å². The summed E-state index contributed by atoms with van der Waals surface area (Å²) >= 11 is 0. The SMILES string of the molecule is CCCCNC(=O)CCN(C(C)=O)c1cccc(NC(C)=O)c1. The number of hydrogen-bond acceptors (Lipinski definition) is 3. The summed E-state index contributed by atoms with van der Waals surface area (Å²) < 4.78 is 0. The molecule has 1 aromatic rings. The molecule has 126 valence electrons. The van der Waals surface area contributed by atoms with Gasteiger partial charge in [0.2, 0.25) is 17.7 Å². The number of carbonyl (C=O) groups is 3. The lowest BCUT2D eigenvalue weighted by molar-refractivity contribution is -0.121. The first kappa shape index (κ1) is 18.7. The maximum absolute atomic E-state index is 11.9. The number of anilines is 2. The molecule has 6 nitrogen and oxygen atoms in total. The predicted octanol–water partition coefficient (Wildman–Crippen LogP) is 2.30. The molecule has 1 rings (SSSR count). The fourth-order valence-electron chi connectivity index (χ4n) is 2.13. The Labute approximate surface area is 137 Å². The first-order valence-electron chi connectivity index (χ1n) is 7.86. The van der Waals surface area contributed by atoms with Crippen molar-refractivity contribution in [1.82, 2.24) is 5.32 Å². The molecule has 0 aliphatic carbocycles. The molecule has 0 fully saturated rings. The van der Waals surface area contributed by atoms with Gasteiger partial charge in [-0.25, -0.2) is 0 Å². The lowest BCUT2D eigenvalue weighted by Gasteiger charge is -2.21. The van der Waals surface area contributed by atoms with Crippen LogP contribution in [0.25, 0.3) is 0 Å². The van der Waals surface area contributed by atoms with Crippen LogP contribution in [0.4, 0.5) is 11.4 Å². The van der Waals surface area contributed by atoms with Crippen LogP contribution in [-0.4, -0.2) is 30.8 Å². The monoisotopic (exact) mass is 319 g/mol. The highest BCUT2D eigenvalue weighted by molar-refractivity contribution is 5.94. The molecule has 0 radical (unpaired) electrons. The first-order valence-corrected chi connectivity index (χ1v) is 7.86. The van der Waals surface area contributed by atoms with Gasteiger partial charge in [-0.05, 0) is 24.6 Å². The second kappa shape index (κ2) is 9.61. The highest BCUT2D eigenvalue weighted by atomic mass is 16.2. The minimum Gasteiger partial charge on any atom is -0.356 e. The molecule has 1 aromatic carbocycles. The largest absolute Gasteiger partial charge is 0.356 e. The van der Waals surface area contributed by atoms with Crippen LogP contribution in [0.2, 0.25) is 0 Å². The van der Waals surface area contributed by atoms with Crippen LogP contribution in [0.5, 0.6) is 0 Å². The zero-order valence-electron chi connectivity index (χ0n) is 14.0. The van der Waals surface area contributed by atoms with Crippen molar-refractivity contribution in [3.63, 3.8) is 0 Å². The van der Waals surface area contributed by atoms with E-state index in [0.717, 1.165) is 12.8 Å². The van der Waals surface area contributed by atoms with Crippen LogP contribution in [-0.2, 0) is 14.4 Å². The van der Waals surface area contributed by atoms with Crippen molar-refractivity contribution in [1.29, 1.82) is 0 Å². The Morgan fingerprint density at radius 3 is 2.52 bits per heavy atom. The maximum atomic E-state index is 11.9. The van der Waals surface area contributed by atoms with Crippen molar-refractivity contribution in [2.45, 2.75) is 40.0 Å². The zero-order chi connectivity index (χ0) is 17.2. The number of rotatable bonds is 8. The van der Waals surface area contributed by atoms with Crippen LogP contribution >= 0.6 is 0 Å². The lowest BCUT2D eigenvalue weighted by Crippen LogP contribution is -2.34. The molecule has 0 bridgehead atoms. The van der Waals surface area contributed by atoms with Crippen molar-refractivity contribution in [2.24, 2.45) is 0 Å². The van der Waals surface area contributed by atoms with E-state index >= 15 is 0 Å². The van der Waals surface area contributed by atoms with Gasteiger partial charge in [0.15, 0.2) is 0 Å². The van der Waals surface area contributed by atoms with E-state index in [1.165, 1.54) is 18.7 Å². The van der Waals surface area contributed by atoms with Crippen LogP contribution in [0, 0.1) is 0 Å². The smallest absolute Gasteiger partial charge is 0.223 e. The van der Waals surface area contributed by atoms with Gasteiger partial charge in [0.25, 0.3) is 0 Å². The third kappa shape index (κ3) is 6.95. The fraction of sp³-hybridized carbons (Fsp3) is 0.471. The Kier molecular flexibility index (Phi) is 7.80. The highest BCUT2D eigenvalue weighted by Crippen LogP contribution is 2.20.